The number of methoxy groups -OCH3 is 1. The number of benzene rings is 1. The van der Waals surface area contributed by atoms with E-state index in [0.29, 0.717) is 16.0 Å². The van der Waals surface area contributed by atoms with Crippen LogP contribution < -0.4 is 20.6 Å². The van der Waals surface area contributed by atoms with Crippen LogP contribution in [0.2, 0.25) is 0 Å². The third kappa shape index (κ3) is 4.77. The van der Waals surface area contributed by atoms with E-state index >= 15 is 0 Å². The van der Waals surface area contributed by atoms with Gasteiger partial charge in [-0.15, -0.1) is 6.42 Å². The quantitative estimate of drug-likeness (QED) is 0.369. The highest BCUT2D eigenvalue weighted by Crippen LogP contribution is 2.36. The van der Waals surface area contributed by atoms with Crippen molar-refractivity contribution in [3.05, 3.63) is 22.2 Å². The number of ether oxygens (including phenoxy) is 2. The first-order chi connectivity index (χ1) is 9.08. The molecule has 5 nitrogen and oxygen atoms in total. The summed E-state index contributed by atoms with van der Waals surface area (Å²) >= 11 is 8.02. The van der Waals surface area contributed by atoms with E-state index in [2.05, 4.69) is 44.6 Å². The van der Waals surface area contributed by atoms with E-state index in [-0.39, 0.29) is 11.7 Å². The molecule has 0 unspecified atom stereocenters. The maximum atomic E-state index is 5.40. The predicted octanol–water partition coefficient (Wildman–Crippen LogP) is 1.64. The van der Waals surface area contributed by atoms with Gasteiger partial charge >= 0.3 is 0 Å². The number of hydrazone groups is 1. The van der Waals surface area contributed by atoms with Gasteiger partial charge in [0.15, 0.2) is 16.6 Å². The molecule has 0 bridgehead atoms. The summed E-state index contributed by atoms with van der Waals surface area (Å²) in [5, 5.41) is 3.95. The van der Waals surface area contributed by atoms with Crippen molar-refractivity contribution >= 4 is 39.5 Å². The lowest BCUT2D eigenvalue weighted by Crippen LogP contribution is -2.23. The number of nitrogens with one attached hydrogen (secondary N) is 1. The van der Waals surface area contributed by atoms with Gasteiger partial charge in [-0.2, -0.15) is 5.10 Å². The van der Waals surface area contributed by atoms with Crippen LogP contribution in [0, 0.1) is 12.3 Å². The van der Waals surface area contributed by atoms with Gasteiger partial charge < -0.3 is 15.2 Å². The molecule has 0 saturated carbocycles. The second-order valence-corrected chi connectivity index (χ2v) is 4.56. The van der Waals surface area contributed by atoms with Crippen LogP contribution in [0.15, 0.2) is 21.7 Å². The lowest BCUT2D eigenvalue weighted by Gasteiger charge is -2.11. The topological polar surface area (TPSA) is 68.9 Å². The number of nitrogens with zero attached hydrogens (tertiary/aromatic N) is 1. The first-order valence-corrected chi connectivity index (χ1v) is 6.31. The summed E-state index contributed by atoms with van der Waals surface area (Å²) in [5.41, 5.74) is 8.50. The fourth-order valence-corrected chi connectivity index (χ4v) is 1.87. The maximum Gasteiger partial charge on any atom is 0.184 e. The van der Waals surface area contributed by atoms with Crippen LogP contribution in [0.3, 0.4) is 0 Å². The summed E-state index contributed by atoms with van der Waals surface area (Å²) in [6.07, 6.45) is 6.71. The van der Waals surface area contributed by atoms with E-state index in [9.17, 15) is 0 Å². The van der Waals surface area contributed by atoms with Crippen molar-refractivity contribution in [3.63, 3.8) is 0 Å². The maximum absolute atomic E-state index is 5.40. The normalized spacial score (nSPS) is 9.95. The monoisotopic (exact) mass is 341 g/mol. The van der Waals surface area contributed by atoms with Crippen LogP contribution in [0.1, 0.15) is 5.56 Å². The molecular formula is C12H12BrN3O2S. The fourth-order valence-electron chi connectivity index (χ4n) is 1.24. The molecule has 3 N–H and O–H groups in total. The second kappa shape index (κ2) is 7.61. The molecule has 0 heterocycles. The summed E-state index contributed by atoms with van der Waals surface area (Å²) in [4.78, 5) is 0. The van der Waals surface area contributed by atoms with E-state index in [1.54, 1.807) is 25.5 Å². The van der Waals surface area contributed by atoms with Gasteiger partial charge in [-0.25, -0.2) is 0 Å². The number of terminal acetylenes is 1. The molecule has 1 aromatic rings. The standard InChI is InChI=1S/C12H12BrN3O2S/c1-3-4-18-11-9(13)5-8(6-10(11)17-2)7-15-16-12(14)19/h1,5-7H,4H2,2H3,(H3,14,16,19)/b15-7-. The zero-order valence-corrected chi connectivity index (χ0v) is 12.5. The number of hydrogen-bond acceptors (Lipinski definition) is 4. The van der Waals surface area contributed by atoms with Gasteiger partial charge in [0.05, 0.1) is 17.8 Å². The minimum atomic E-state index is 0.0938. The van der Waals surface area contributed by atoms with E-state index in [1.807, 2.05) is 0 Å². The first kappa shape index (κ1) is 15.3. The Kier molecular flexibility index (Phi) is 6.12. The Morgan fingerprint density at radius 1 is 1.68 bits per heavy atom. The smallest absolute Gasteiger partial charge is 0.184 e. The minimum absolute atomic E-state index is 0.0938. The molecule has 0 aliphatic heterocycles. The number of nitrogens with two attached hydrogens (primary N) is 1. The van der Waals surface area contributed by atoms with Gasteiger partial charge in [0, 0.05) is 0 Å². The third-order valence-electron chi connectivity index (χ3n) is 1.94. The molecule has 1 aromatic carbocycles. The zero-order chi connectivity index (χ0) is 14.3. The molecule has 0 aliphatic carbocycles. The van der Waals surface area contributed by atoms with Gasteiger partial charge in [0.1, 0.15) is 6.61 Å². The molecule has 19 heavy (non-hydrogen) atoms. The van der Waals surface area contributed by atoms with Gasteiger partial charge in [0.2, 0.25) is 0 Å². The summed E-state index contributed by atoms with van der Waals surface area (Å²) in [6, 6.07) is 3.56. The molecule has 0 radical (unpaired) electrons. The van der Waals surface area contributed by atoms with Crippen molar-refractivity contribution in [2.45, 2.75) is 0 Å². The molecule has 100 valence electrons. The van der Waals surface area contributed by atoms with E-state index in [4.69, 9.17) is 21.6 Å². The summed E-state index contributed by atoms with van der Waals surface area (Å²) in [7, 11) is 1.54. The van der Waals surface area contributed by atoms with Crippen molar-refractivity contribution in [1.29, 1.82) is 0 Å². The Morgan fingerprint density at radius 3 is 3.00 bits per heavy atom. The Balaban J connectivity index is 2.99. The zero-order valence-electron chi connectivity index (χ0n) is 10.1. The Morgan fingerprint density at radius 2 is 2.42 bits per heavy atom. The summed E-state index contributed by atoms with van der Waals surface area (Å²) in [5.74, 6) is 3.48. The first-order valence-electron chi connectivity index (χ1n) is 5.10. The van der Waals surface area contributed by atoms with Crippen LogP contribution in [-0.2, 0) is 0 Å². The number of hydrogen-bond donors (Lipinski definition) is 2. The van der Waals surface area contributed by atoms with Gasteiger partial charge in [0.25, 0.3) is 0 Å². The molecule has 0 saturated heterocycles. The molecule has 0 fully saturated rings. The average Bonchev–Trinajstić information content (AvgIpc) is 2.36. The molecule has 1 rings (SSSR count). The van der Waals surface area contributed by atoms with Gasteiger partial charge in [-0.1, -0.05) is 5.92 Å². The van der Waals surface area contributed by atoms with E-state index < -0.39 is 0 Å². The molecule has 0 spiro atoms. The lowest BCUT2D eigenvalue weighted by atomic mass is 10.2. The van der Waals surface area contributed by atoms with Crippen molar-refractivity contribution in [1.82, 2.24) is 5.43 Å². The van der Waals surface area contributed by atoms with Gasteiger partial charge in [-0.05, 0) is 45.8 Å². The fraction of sp³-hybridized carbons (Fsp3) is 0.167. The SMILES string of the molecule is C#CCOc1c(Br)cc(/C=N\NC(N)=S)cc1OC. The number of halogens is 1. The molecule has 7 heteroatoms. The minimum Gasteiger partial charge on any atom is -0.493 e. The van der Waals surface area contributed by atoms with Crippen LogP contribution in [0.5, 0.6) is 11.5 Å². The van der Waals surface area contributed by atoms with Crippen LogP contribution in [-0.4, -0.2) is 25.0 Å². The summed E-state index contributed by atoms with van der Waals surface area (Å²) in [6.45, 7) is 0.158. The highest BCUT2D eigenvalue weighted by molar-refractivity contribution is 9.10. The van der Waals surface area contributed by atoms with Crippen molar-refractivity contribution < 1.29 is 9.47 Å². The number of rotatable bonds is 5. The molecule has 0 aliphatic rings. The molecule has 0 aromatic heterocycles. The Labute approximate surface area is 125 Å². The third-order valence-corrected chi connectivity index (χ3v) is 2.62. The van der Waals surface area contributed by atoms with Crippen LogP contribution in [0.25, 0.3) is 0 Å². The number of thiocarbonyl (C=S) groups is 1. The molecule has 0 atom stereocenters. The van der Waals surface area contributed by atoms with E-state index in [0.717, 1.165) is 5.56 Å². The molecular weight excluding hydrogens is 330 g/mol. The second-order valence-electron chi connectivity index (χ2n) is 3.26. The lowest BCUT2D eigenvalue weighted by molar-refractivity contribution is 0.329. The highest BCUT2D eigenvalue weighted by atomic mass is 79.9. The van der Waals surface area contributed by atoms with Crippen LogP contribution >= 0.6 is 28.1 Å². The summed E-state index contributed by atoms with van der Waals surface area (Å²) < 4.78 is 11.3. The highest BCUT2D eigenvalue weighted by Gasteiger charge is 2.10. The Hall–Kier alpha value is -1.78. The van der Waals surface area contributed by atoms with E-state index in [1.165, 1.54) is 0 Å². The van der Waals surface area contributed by atoms with Crippen molar-refractivity contribution in [2.75, 3.05) is 13.7 Å². The van der Waals surface area contributed by atoms with Gasteiger partial charge in [-0.3, -0.25) is 5.43 Å². The molecule has 0 amide bonds. The van der Waals surface area contributed by atoms with Crippen molar-refractivity contribution in [2.24, 2.45) is 10.8 Å². The van der Waals surface area contributed by atoms with Crippen molar-refractivity contribution in [3.8, 4) is 23.8 Å². The predicted molar refractivity (Wildman–Crippen MR) is 82.5 cm³/mol. The van der Waals surface area contributed by atoms with Crippen LogP contribution in [0.4, 0.5) is 0 Å². The average molecular weight is 342 g/mol. The largest absolute Gasteiger partial charge is 0.493 e. The Bertz CT molecular complexity index is 541.